The van der Waals surface area contributed by atoms with Crippen LogP contribution in [0.1, 0.15) is 25.7 Å². The highest BCUT2D eigenvalue weighted by Crippen LogP contribution is 2.26. The monoisotopic (exact) mass is 288 g/mol. The summed E-state index contributed by atoms with van der Waals surface area (Å²) in [5.74, 6) is 5.08. The lowest BCUT2D eigenvalue weighted by molar-refractivity contribution is -0.126. The standard InChI is InChI=1S/C10H17BrN4O/c11-8(5-12)6-14-9-3-1-7(2-4-9)10(16)15-13/h5-7,9H,1-4,12-13H2,(H,15,16). The van der Waals surface area contributed by atoms with Crippen molar-refractivity contribution in [3.8, 4) is 0 Å². The number of hydrogen-bond acceptors (Lipinski definition) is 4. The Hall–Kier alpha value is -0.880. The minimum atomic E-state index is -0.0644. The average Bonchev–Trinajstić information content (AvgIpc) is 2.35. The lowest BCUT2D eigenvalue weighted by atomic mass is 9.86. The predicted octanol–water partition coefficient (Wildman–Crippen LogP) is 0.801. The number of nitrogens with one attached hydrogen (secondary N) is 1. The molecule has 1 amide bonds. The van der Waals surface area contributed by atoms with Crippen LogP contribution in [-0.2, 0) is 4.79 Å². The minimum Gasteiger partial charge on any atom is -0.404 e. The molecule has 0 aromatic carbocycles. The van der Waals surface area contributed by atoms with Gasteiger partial charge in [0, 0.05) is 18.3 Å². The molecule has 0 radical (unpaired) electrons. The quantitative estimate of drug-likeness (QED) is 0.310. The number of rotatable bonds is 3. The first-order valence-electron chi connectivity index (χ1n) is 5.28. The largest absolute Gasteiger partial charge is 0.404 e. The molecule has 0 heterocycles. The van der Waals surface area contributed by atoms with E-state index in [0.29, 0.717) is 0 Å². The van der Waals surface area contributed by atoms with Gasteiger partial charge in [0.05, 0.1) is 10.5 Å². The lowest BCUT2D eigenvalue weighted by Crippen LogP contribution is -2.37. The van der Waals surface area contributed by atoms with Crippen LogP contribution in [0.15, 0.2) is 15.7 Å². The zero-order chi connectivity index (χ0) is 12.0. The maximum absolute atomic E-state index is 11.3. The normalized spacial score (nSPS) is 27.0. The van der Waals surface area contributed by atoms with Crippen LogP contribution in [0.4, 0.5) is 0 Å². The molecule has 0 atom stereocenters. The van der Waals surface area contributed by atoms with E-state index in [4.69, 9.17) is 11.6 Å². The van der Waals surface area contributed by atoms with Crippen molar-refractivity contribution in [2.45, 2.75) is 31.7 Å². The van der Waals surface area contributed by atoms with Gasteiger partial charge in [-0.15, -0.1) is 0 Å². The summed E-state index contributed by atoms with van der Waals surface area (Å²) in [5.41, 5.74) is 7.50. The highest BCUT2D eigenvalue weighted by atomic mass is 79.9. The molecule has 5 N–H and O–H groups in total. The number of hydrogen-bond donors (Lipinski definition) is 3. The van der Waals surface area contributed by atoms with Crippen molar-refractivity contribution in [1.29, 1.82) is 0 Å². The molecule has 0 aliphatic heterocycles. The number of allylic oxidation sites excluding steroid dienone is 1. The summed E-state index contributed by atoms with van der Waals surface area (Å²) in [4.78, 5) is 15.7. The number of amides is 1. The maximum Gasteiger partial charge on any atom is 0.236 e. The molecule has 1 rings (SSSR count). The molecule has 1 fully saturated rings. The van der Waals surface area contributed by atoms with E-state index in [2.05, 4.69) is 26.3 Å². The Kier molecular flexibility index (Phi) is 5.48. The Morgan fingerprint density at radius 3 is 2.50 bits per heavy atom. The molecule has 0 unspecified atom stereocenters. The minimum absolute atomic E-state index is 0.0462. The predicted molar refractivity (Wildman–Crippen MR) is 67.8 cm³/mol. The SMILES string of the molecule is NC=C(Br)C=NC1CCC(C(=O)NN)CC1. The van der Waals surface area contributed by atoms with Crippen LogP contribution in [0.5, 0.6) is 0 Å². The summed E-state index contributed by atoms with van der Waals surface area (Å²) in [6.45, 7) is 0. The zero-order valence-corrected chi connectivity index (χ0v) is 10.6. The molecule has 1 aliphatic carbocycles. The average molecular weight is 289 g/mol. The number of carbonyl (C=O) groups is 1. The smallest absolute Gasteiger partial charge is 0.236 e. The molecule has 0 aromatic rings. The Morgan fingerprint density at radius 2 is 2.00 bits per heavy atom. The molecule has 5 nitrogen and oxygen atoms in total. The highest BCUT2D eigenvalue weighted by Gasteiger charge is 2.25. The second-order valence-electron chi connectivity index (χ2n) is 3.84. The number of nitrogens with two attached hydrogens (primary N) is 2. The topological polar surface area (TPSA) is 93.5 Å². The van der Waals surface area contributed by atoms with Crippen molar-refractivity contribution in [2.24, 2.45) is 22.5 Å². The van der Waals surface area contributed by atoms with E-state index in [1.807, 2.05) is 0 Å². The summed E-state index contributed by atoms with van der Waals surface area (Å²) in [7, 11) is 0. The van der Waals surface area contributed by atoms with Gasteiger partial charge in [-0.05, 0) is 41.6 Å². The third-order valence-corrected chi connectivity index (χ3v) is 3.25. The fraction of sp³-hybridized carbons (Fsp3) is 0.600. The van der Waals surface area contributed by atoms with Gasteiger partial charge in [0.2, 0.25) is 5.91 Å². The second kappa shape index (κ2) is 6.65. The van der Waals surface area contributed by atoms with Crippen molar-refractivity contribution in [3.63, 3.8) is 0 Å². The number of aliphatic imine (C=N–C) groups is 1. The van der Waals surface area contributed by atoms with Gasteiger partial charge in [0.1, 0.15) is 0 Å². The molecular formula is C10H17BrN4O. The van der Waals surface area contributed by atoms with Crippen molar-refractivity contribution >= 4 is 28.1 Å². The van der Waals surface area contributed by atoms with Crippen molar-refractivity contribution in [3.05, 3.63) is 10.7 Å². The Labute approximate surface area is 103 Å². The second-order valence-corrected chi connectivity index (χ2v) is 4.76. The zero-order valence-electron chi connectivity index (χ0n) is 9.03. The summed E-state index contributed by atoms with van der Waals surface area (Å²) >= 11 is 3.26. The first-order chi connectivity index (χ1) is 7.67. The van der Waals surface area contributed by atoms with Crippen LogP contribution in [-0.4, -0.2) is 18.2 Å². The van der Waals surface area contributed by atoms with Crippen molar-refractivity contribution in [1.82, 2.24) is 5.43 Å². The van der Waals surface area contributed by atoms with E-state index < -0.39 is 0 Å². The maximum atomic E-state index is 11.3. The van der Waals surface area contributed by atoms with Crippen molar-refractivity contribution < 1.29 is 4.79 Å². The molecule has 0 bridgehead atoms. The van der Waals surface area contributed by atoms with Gasteiger partial charge in [-0.3, -0.25) is 15.2 Å². The summed E-state index contributed by atoms with van der Waals surface area (Å²) in [5, 5.41) is 0. The third kappa shape index (κ3) is 3.94. The number of nitrogens with zero attached hydrogens (tertiary/aromatic N) is 1. The molecule has 16 heavy (non-hydrogen) atoms. The van der Waals surface area contributed by atoms with Gasteiger partial charge in [-0.1, -0.05) is 0 Å². The third-order valence-electron chi connectivity index (χ3n) is 2.78. The summed E-state index contributed by atoms with van der Waals surface area (Å²) in [6, 6.07) is 0.286. The van der Waals surface area contributed by atoms with Crippen LogP contribution in [0.3, 0.4) is 0 Å². The first-order valence-corrected chi connectivity index (χ1v) is 6.07. The van der Waals surface area contributed by atoms with Gasteiger partial charge in [-0.25, -0.2) is 5.84 Å². The van der Waals surface area contributed by atoms with Gasteiger partial charge >= 0.3 is 0 Å². The van der Waals surface area contributed by atoms with E-state index in [1.54, 1.807) is 6.21 Å². The van der Waals surface area contributed by atoms with E-state index in [9.17, 15) is 4.79 Å². The van der Waals surface area contributed by atoms with Crippen LogP contribution in [0.25, 0.3) is 0 Å². The number of halogens is 1. The Bertz CT molecular complexity index is 295. The molecule has 1 aliphatic rings. The van der Waals surface area contributed by atoms with Crippen molar-refractivity contribution in [2.75, 3.05) is 0 Å². The van der Waals surface area contributed by atoms with Crippen LogP contribution >= 0.6 is 15.9 Å². The highest BCUT2D eigenvalue weighted by molar-refractivity contribution is 9.12. The van der Waals surface area contributed by atoms with Gasteiger partial charge in [0.25, 0.3) is 0 Å². The molecule has 6 heteroatoms. The molecule has 0 aromatic heterocycles. The summed E-state index contributed by atoms with van der Waals surface area (Å²) in [6.07, 6.45) is 6.69. The molecule has 90 valence electrons. The first kappa shape index (κ1) is 13.2. The molecule has 1 saturated carbocycles. The van der Waals surface area contributed by atoms with E-state index in [-0.39, 0.29) is 17.9 Å². The fourth-order valence-electron chi connectivity index (χ4n) is 1.82. The van der Waals surface area contributed by atoms with Crippen LogP contribution in [0.2, 0.25) is 0 Å². The van der Waals surface area contributed by atoms with Gasteiger partial charge < -0.3 is 5.73 Å². The lowest BCUT2D eigenvalue weighted by Gasteiger charge is -2.24. The summed E-state index contributed by atoms with van der Waals surface area (Å²) < 4.78 is 0.773. The van der Waals surface area contributed by atoms with Gasteiger partial charge in [-0.2, -0.15) is 0 Å². The van der Waals surface area contributed by atoms with E-state index in [1.165, 1.54) is 6.20 Å². The van der Waals surface area contributed by atoms with E-state index in [0.717, 1.165) is 30.2 Å². The molecule has 0 spiro atoms. The van der Waals surface area contributed by atoms with E-state index >= 15 is 0 Å². The Balaban J connectivity index is 2.38. The fourth-order valence-corrected chi connectivity index (χ4v) is 1.94. The number of carbonyl (C=O) groups excluding carboxylic acids is 1. The Morgan fingerprint density at radius 1 is 1.38 bits per heavy atom. The number of hydrazine groups is 1. The van der Waals surface area contributed by atoms with Crippen LogP contribution in [0, 0.1) is 5.92 Å². The van der Waals surface area contributed by atoms with Gasteiger partial charge in [0.15, 0.2) is 0 Å². The molecule has 0 saturated heterocycles. The molecular weight excluding hydrogens is 272 g/mol. The van der Waals surface area contributed by atoms with Crippen LogP contribution < -0.4 is 17.0 Å².